The van der Waals surface area contributed by atoms with Crippen LogP contribution in [0.25, 0.3) is 6.08 Å². The number of rotatable bonds is 6. The highest BCUT2D eigenvalue weighted by atomic mass is 19.2. The number of hydrogen-bond acceptors (Lipinski definition) is 4. The minimum Gasteiger partial charge on any atom is -0.504 e. The normalized spacial score (nSPS) is 16.1. The van der Waals surface area contributed by atoms with Crippen LogP contribution in [0.5, 0.6) is 5.75 Å². The van der Waals surface area contributed by atoms with Crippen molar-refractivity contribution in [3.8, 4) is 5.75 Å². The van der Waals surface area contributed by atoms with Gasteiger partial charge in [0.15, 0.2) is 17.9 Å². The van der Waals surface area contributed by atoms with E-state index in [9.17, 15) is 13.2 Å². The summed E-state index contributed by atoms with van der Waals surface area (Å²) in [5, 5.41) is 0. The van der Waals surface area contributed by atoms with Gasteiger partial charge in [-0.2, -0.15) is 4.39 Å². The molecule has 134 valence electrons. The summed E-state index contributed by atoms with van der Waals surface area (Å²) in [6, 6.07) is 0. The van der Waals surface area contributed by atoms with Crippen molar-refractivity contribution < 1.29 is 32.1 Å². The van der Waals surface area contributed by atoms with E-state index in [0.29, 0.717) is 13.2 Å². The zero-order chi connectivity index (χ0) is 17.9. The fourth-order valence-electron chi connectivity index (χ4n) is 2.34. The molecule has 1 aliphatic heterocycles. The molecule has 0 atom stereocenters. The summed E-state index contributed by atoms with van der Waals surface area (Å²) in [7, 11) is 1.36. The number of hydrogen-bond donors (Lipinski definition) is 0. The first kappa shape index (κ1) is 18.6. The first-order valence-electron chi connectivity index (χ1n) is 7.52. The predicted molar refractivity (Wildman–Crippen MR) is 82.1 cm³/mol. The van der Waals surface area contributed by atoms with Crippen molar-refractivity contribution in [3.05, 3.63) is 34.8 Å². The predicted octanol–water partition coefficient (Wildman–Crippen LogP) is 3.81. The topological polar surface area (TPSA) is 36.9 Å². The Balaban J connectivity index is 2.32. The summed E-state index contributed by atoms with van der Waals surface area (Å²) in [5.41, 5.74) is -1.27. The Labute approximate surface area is 139 Å². The highest BCUT2D eigenvalue weighted by molar-refractivity contribution is 5.59. The van der Waals surface area contributed by atoms with Crippen LogP contribution in [-0.2, 0) is 14.2 Å². The van der Waals surface area contributed by atoms with Crippen molar-refractivity contribution in [2.75, 3.05) is 26.9 Å². The second-order valence-electron chi connectivity index (χ2n) is 6.20. The minimum atomic E-state index is -1.27. The smallest absolute Gasteiger partial charge is 0.201 e. The van der Waals surface area contributed by atoms with E-state index < -0.39 is 40.5 Å². The third-order valence-corrected chi connectivity index (χ3v) is 3.75. The van der Waals surface area contributed by atoms with Crippen LogP contribution in [0.4, 0.5) is 13.2 Å². The van der Waals surface area contributed by atoms with E-state index in [1.165, 1.54) is 13.2 Å². The van der Waals surface area contributed by atoms with Crippen LogP contribution in [0.3, 0.4) is 0 Å². The molecule has 24 heavy (non-hydrogen) atoms. The first-order valence-corrected chi connectivity index (χ1v) is 7.52. The second-order valence-corrected chi connectivity index (χ2v) is 6.20. The Morgan fingerprint density at radius 1 is 1.12 bits per heavy atom. The van der Waals surface area contributed by atoms with Crippen molar-refractivity contribution in [3.63, 3.8) is 0 Å². The molecule has 0 aliphatic carbocycles. The molecule has 0 aromatic heterocycles. The number of ether oxygens (including phenoxy) is 4. The molecule has 4 nitrogen and oxygen atoms in total. The van der Waals surface area contributed by atoms with E-state index in [-0.39, 0.29) is 12.2 Å². The van der Waals surface area contributed by atoms with Crippen molar-refractivity contribution in [2.24, 2.45) is 5.41 Å². The summed E-state index contributed by atoms with van der Waals surface area (Å²) in [6.07, 6.45) is 1.82. The molecule has 0 amide bonds. The maximum atomic E-state index is 14.3. The molecular weight excluding hydrogens is 325 g/mol. The van der Waals surface area contributed by atoms with Gasteiger partial charge in [0, 0.05) is 11.0 Å². The average molecular weight is 346 g/mol. The SMILES string of the molecule is COC=Cc1c(F)c(C)c(F)c(F)c1OCC(C)(C)C1OCCO1. The highest BCUT2D eigenvalue weighted by Gasteiger charge is 2.36. The van der Waals surface area contributed by atoms with Gasteiger partial charge in [-0.05, 0) is 13.0 Å². The Bertz CT molecular complexity index is 623. The molecule has 0 unspecified atom stereocenters. The van der Waals surface area contributed by atoms with E-state index >= 15 is 0 Å². The van der Waals surface area contributed by atoms with Gasteiger partial charge in [-0.1, -0.05) is 13.8 Å². The van der Waals surface area contributed by atoms with Crippen molar-refractivity contribution in [2.45, 2.75) is 27.1 Å². The Morgan fingerprint density at radius 3 is 2.33 bits per heavy atom. The lowest BCUT2D eigenvalue weighted by Gasteiger charge is -2.30. The van der Waals surface area contributed by atoms with Gasteiger partial charge in [-0.25, -0.2) is 8.78 Å². The maximum Gasteiger partial charge on any atom is 0.201 e. The van der Waals surface area contributed by atoms with Crippen LogP contribution in [-0.4, -0.2) is 33.2 Å². The number of halogens is 3. The molecule has 0 bridgehead atoms. The third-order valence-electron chi connectivity index (χ3n) is 3.75. The Kier molecular flexibility index (Phi) is 5.77. The molecule has 7 heteroatoms. The summed E-state index contributed by atoms with van der Waals surface area (Å²) in [5.74, 6) is -3.92. The van der Waals surface area contributed by atoms with Gasteiger partial charge in [0.25, 0.3) is 0 Å². The van der Waals surface area contributed by atoms with E-state index in [1.807, 2.05) is 0 Å². The lowest BCUT2D eigenvalue weighted by atomic mass is 9.94. The molecular formula is C17H21F3O4. The van der Waals surface area contributed by atoms with Gasteiger partial charge in [-0.15, -0.1) is 0 Å². The quantitative estimate of drug-likeness (QED) is 0.580. The second kappa shape index (κ2) is 7.44. The molecule has 1 heterocycles. The summed E-state index contributed by atoms with van der Waals surface area (Å²) >= 11 is 0. The zero-order valence-corrected chi connectivity index (χ0v) is 14.1. The molecule has 2 rings (SSSR count). The van der Waals surface area contributed by atoms with E-state index in [4.69, 9.17) is 18.9 Å². The number of benzene rings is 1. The van der Waals surface area contributed by atoms with Crippen LogP contribution in [0.1, 0.15) is 25.0 Å². The maximum absolute atomic E-state index is 14.3. The van der Waals surface area contributed by atoms with E-state index in [0.717, 1.165) is 13.2 Å². The first-order chi connectivity index (χ1) is 11.3. The van der Waals surface area contributed by atoms with Crippen molar-refractivity contribution >= 4 is 6.08 Å². The monoisotopic (exact) mass is 346 g/mol. The van der Waals surface area contributed by atoms with Gasteiger partial charge in [0.2, 0.25) is 5.82 Å². The fraction of sp³-hybridized carbons (Fsp3) is 0.529. The molecule has 1 saturated heterocycles. The van der Waals surface area contributed by atoms with E-state index in [1.54, 1.807) is 13.8 Å². The largest absolute Gasteiger partial charge is 0.504 e. The van der Waals surface area contributed by atoms with Gasteiger partial charge in [0.1, 0.15) is 5.82 Å². The van der Waals surface area contributed by atoms with Gasteiger partial charge in [0.05, 0.1) is 38.8 Å². The Morgan fingerprint density at radius 2 is 1.75 bits per heavy atom. The van der Waals surface area contributed by atoms with Crippen LogP contribution >= 0.6 is 0 Å². The molecule has 0 radical (unpaired) electrons. The van der Waals surface area contributed by atoms with Gasteiger partial charge >= 0.3 is 0 Å². The summed E-state index contributed by atoms with van der Waals surface area (Å²) in [4.78, 5) is 0. The van der Waals surface area contributed by atoms with Crippen LogP contribution in [0, 0.1) is 29.8 Å². The number of methoxy groups -OCH3 is 1. The minimum absolute atomic E-state index is 0.0512. The fourth-order valence-corrected chi connectivity index (χ4v) is 2.34. The molecule has 0 saturated carbocycles. The van der Waals surface area contributed by atoms with E-state index in [2.05, 4.69) is 0 Å². The molecule has 1 aromatic rings. The van der Waals surface area contributed by atoms with Gasteiger partial charge < -0.3 is 18.9 Å². The molecule has 0 N–H and O–H groups in total. The van der Waals surface area contributed by atoms with Crippen LogP contribution in [0.2, 0.25) is 0 Å². The lowest BCUT2D eigenvalue weighted by molar-refractivity contribution is -0.131. The average Bonchev–Trinajstić information content (AvgIpc) is 3.09. The van der Waals surface area contributed by atoms with Crippen LogP contribution in [0.15, 0.2) is 6.26 Å². The molecule has 1 aliphatic rings. The Hall–Kier alpha value is -1.73. The zero-order valence-electron chi connectivity index (χ0n) is 14.1. The van der Waals surface area contributed by atoms with Crippen molar-refractivity contribution in [1.29, 1.82) is 0 Å². The summed E-state index contributed by atoms with van der Waals surface area (Å²) in [6.45, 7) is 5.62. The summed E-state index contributed by atoms with van der Waals surface area (Å²) < 4.78 is 63.5. The highest BCUT2D eigenvalue weighted by Crippen LogP contribution is 2.35. The van der Waals surface area contributed by atoms with Crippen molar-refractivity contribution in [1.82, 2.24) is 0 Å². The molecule has 1 aromatic carbocycles. The standard InChI is InChI=1S/C17H21F3O4/c1-10-12(18)11(5-6-21-4)15(14(20)13(10)19)24-9-17(2,3)16-22-7-8-23-16/h5-6,16H,7-9H2,1-4H3. The lowest BCUT2D eigenvalue weighted by Crippen LogP contribution is -2.36. The molecule has 0 spiro atoms. The molecule has 1 fully saturated rings. The van der Waals surface area contributed by atoms with Crippen LogP contribution < -0.4 is 4.74 Å². The van der Waals surface area contributed by atoms with Gasteiger partial charge in [-0.3, -0.25) is 0 Å². The third kappa shape index (κ3) is 3.67.